The van der Waals surface area contributed by atoms with Gasteiger partial charge in [0.05, 0.1) is 11.5 Å². The molecule has 0 rings (SSSR count). The summed E-state index contributed by atoms with van der Waals surface area (Å²) in [7, 11) is 0. The van der Waals surface area contributed by atoms with Gasteiger partial charge in [0.15, 0.2) is 0 Å². The average molecular weight is 260 g/mol. The molecule has 0 aliphatic carbocycles. The summed E-state index contributed by atoms with van der Waals surface area (Å²) in [5.41, 5.74) is -0.428. The van der Waals surface area contributed by atoms with Gasteiger partial charge in [-0.1, -0.05) is 6.92 Å². The zero-order valence-electron chi connectivity index (χ0n) is 11.6. The normalized spacial score (nSPS) is 12.9. The van der Waals surface area contributed by atoms with Crippen molar-refractivity contribution in [2.24, 2.45) is 5.92 Å². The van der Waals surface area contributed by atoms with Gasteiger partial charge in [-0.3, -0.25) is 4.79 Å². The molecule has 18 heavy (non-hydrogen) atoms. The van der Waals surface area contributed by atoms with Gasteiger partial charge in [0.25, 0.3) is 0 Å². The maximum absolute atomic E-state index is 11.5. The van der Waals surface area contributed by atoms with Crippen molar-refractivity contribution in [1.29, 1.82) is 0 Å². The average Bonchev–Trinajstić information content (AvgIpc) is 2.27. The van der Waals surface area contributed by atoms with Crippen LogP contribution in [0.1, 0.15) is 34.1 Å². The van der Waals surface area contributed by atoms with Crippen molar-refractivity contribution in [3.63, 3.8) is 0 Å². The predicted molar refractivity (Wildman–Crippen MR) is 68.5 cm³/mol. The van der Waals surface area contributed by atoms with E-state index in [9.17, 15) is 9.59 Å². The lowest BCUT2D eigenvalue weighted by molar-refractivity contribution is -0.141. The number of nitrogens with one attached hydrogen (secondary N) is 2. The van der Waals surface area contributed by atoms with Crippen molar-refractivity contribution in [2.45, 2.75) is 39.7 Å². The zero-order valence-corrected chi connectivity index (χ0v) is 11.6. The first-order valence-corrected chi connectivity index (χ1v) is 6.20. The van der Waals surface area contributed by atoms with Crippen molar-refractivity contribution < 1.29 is 19.4 Å². The van der Waals surface area contributed by atoms with Crippen LogP contribution in [0.4, 0.5) is 4.79 Å². The van der Waals surface area contributed by atoms with Crippen LogP contribution >= 0.6 is 0 Å². The van der Waals surface area contributed by atoms with Crippen LogP contribution in [-0.2, 0) is 9.53 Å². The lowest BCUT2D eigenvalue weighted by Crippen LogP contribution is -2.46. The first kappa shape index (κ1) is 16.7. The minimum Gasteiger partial charge on any atom is -0.481 e. The molecule has 0 saturated heterocycles. The van der Waals surface area contributed by atoms with Crippen molar-refractivity contribution in [3.05, 3.63) is 0 Å². The van der Waals surface area contributed by atoms with Gasteiger partial charge >= 0.3 is 12.0 Å². The molecule has 1 atom stereocenters. The van der Waals surface area contributed by atoms with E-state index < -0.39 is 17.5 Å². The molecule has 0 aliphatic rings. The summed E-state index contributed by atoms with van der Waals surface area (Å²) in [5, 5.41) is 14.0. The summed E-state index contributed by atoms with van der Waals surface area (Å²) in [5.74, 6) is -1.44. The number of carboxylic acids is 1. The van der Waals surface area contributed by atoms with Gasteiger partial charge in [-0.25, -0.2) is 4.79 Å². The molecule has 106 valence electrons. The van der Waals surface area contributed by atoms with Crippen molar-refractivity contribution in [3.8, 4) is 0 Å². The fraction of sp³-hybridized carbons (Fsp3) is 0.833. The molecule has 2 amide bonds. The Morgan fingerprint density at radius 1 is 1.28 bits per heavy atom. The molecular weight excluding hydrogens is 236 g/mol. The largest absolute Gasteiger partial charge is 0.481 e. The number of ether oxygens (including phenoxy) is 1. The van der Waals surface area contributed by atoms with E-state index in [-0.39, 0.29) is 12.6 Å². The van der Waals surface area contributed by atoms with E-state index >= 15 is 0 Å². The number of hydrogen-bond acceptors (Lipinski definition) is 3. The molecule has 0 radical (unpaired) electrons. The molecule has 6 nitrogen and oxygen atoms in total. The monoisotopic (exact) mass is 260 g/mol. The summed E-state index contributed by atoms with van der Waals surface area (Å²) in [6.45, 7) is 8.50. The predicted octanol–water partition coefficient (Wildman–Crippen LogP) is 1.21. The van der Waals surface area contributed by atoms with Crippen LogP contribution in [0.5, 0.6) is 0 Å². The van der Waals surface area contributed by atoms with Crippen LogP contribution in [0.2, 0.25) is 0 Å². The van der Waals surface area contributed by atoms with Gasteiger partial charge in [-0.05, 0) is 27.2 Å². The van der Waals surface area contributed by atoms with Gasteiger partial charge in [-0.15, -0.1) is 0 Å². The molecule has 0 aromatic rings. The molecule has 0 fully saturated rings. The molecule has 0 bridgehead atoms. The number of urea groups is 1. The number of aliphatic carboxylic acids is 1. The minimum atomic E-state index is -0.896. The third-order valence-electron chi connectivity index (χ3n) is 2.56. The van der Waals surface area contributed by atoms with Crippen molar-refractivity contribution >= 4 is 12.0 Å². The molecule has 1 unspecified atom stereocenters. The Kier molecular flexibility index (Phi) is 7.35. The SMILES string of the molecule is CCOC(C)(C)CNC(=O)NCC(CC)C(=O)O. The quantitative estimate of drug-likeness (QED) is 0.612. The van der Waals surface area contributed by atoms with Crippen LogP contribution in [0, 0.1) is 5.92 Å². The van der Waals surface area contributed by atoms with E-state index in [0.717, 1.165) is 0 Å². The number of rotatable bonds is 8. The molecule has 0 aromatic carbocycles. The van der Waals surface area contributed by atoms with E-state index in [0.29, 0.717) is 19.6 Å². The van der Waals surface area contributed by atoms with Crippen LogP contribution < -0.4 is 10.6 Å². The highest BCUT2D eigenvalue weighted by atomic mass is 16.5. The summed E-state index contributed by atoms with van der Waals surface area (Å²) >= 11 is 0. The Labute approximate surface area is 108 Å². The minimum absolute atomic E-state index is 0.132. The summed E-state index contributed by atoms with van der Waals surface area (Å²) in [6, 6.07) is -0.373. The molecule has 0 aromatic heterocycles. The molecule has 3 N–H and O–H groups in total. The fourth-order valence-electron chi connectivity index (χ4n) is 1.42. The van der Waals surface area contributed by atoms with E-state index in [2.05, 4.69) is 10.6 Å². The first-order valence-electron chi connectivity index (χ1n) is 6.20. The standard InChI is InChI=1S/C12H24N2O4/c1-5-9(10(15)16)7-13-11(17)14-8-12(3,4)18-6-2/h9H,5-8H2,1-4H3,(H,15,16)(H2,13,14,17). The van der Waals surface area contributed by atoms with E-state index in [1.165, 1.54) is 0 Å². The van der Waals surface area contributed by atoms with Gasteiger partial charge in [0, 0.05) is 19.7 Å². The molecule has 0 saturated carbocycles. The first-order chi connectivity index (χ1) is 8.32. The van der Waals surface area contributed by atoms with E-state index in [1.54, 1.807) is 6.92 Å². The smallest absolute Gasteiger partial charge is 0.314 e. The summed E-state index contributed by atoms with van der Waals surface area (Å²) in [4.78, 5) is 22.2. The number of amides is 2. The number of carbonyl (C=O) groups excluding carboxylic acids is 1. The maximum Gasteiger partial charge on any atom is 0.314 e. The Morgan fingerprint density at radius 3 is 2.33 bits per heavy atom. The van der Waals surface area contributed by atoms with Crippen LogP contribution in [0.25, 0.3) is 0 Å². The van der Waals surface area contributed by atoms with E-state index in [4.69, 9.17) is 9.84 Å². The summed E-state index contributed by atoms with van der Waals surface area (Å²) in [6.07, 6.45) is 0.486. The third-order valence-corrected chi connectivity index (χ3v) is 2.56. The highest BCUT2D eigenvalue weighted by Gasteiger charge is 2.19. The molecular formula is C12H24N2O4. The number of carboxylic acid groups (broad SMARTS) is 1. The highest BCUT2D eigenvalue weighted by molar-refractivity contribution is 5.75. The molecule has 0 spiro atoms. The zero-order chi connectivity index (χ0) is 14.2. The Hall–Kier alpha value is -1.30. The van der Waals surface area contributed by atoms with Gasteiger partial charge in [0.1, 0.15) is 0 Å². The van der Waals surface area contributed by atoms with Crippen LogP contribution in [-0.4, -0.2) is 42.4 Å². The molecule has 0 aliphatic heterocycles. The lowest BCUT2D eigenvalue weighted by atomic mass is 10.1. The van der Waals surface area contributed by atoms with Crippen molar-refractivity contribution in [1.82, 2.24) is 10.6 Å². The fourth-order valence-corrected chi connectivity index (χ4v) is 1.42. The Morgan fingerprint density at radius 2 is 1.89 bits per heavy atom. The molecule has 0 heterocycles. The Bertz CT molecular complexity index is 279. The van der Waals surface area contributed by atoms with Crippen molar-refractivity contribution in [2.75, 3.05) is 19.7 Å². The summed E-state index contributed by atoms with van der Waals surface area (Å²) < 4.78 is 5.43. The second-order valence-corrected chi connectivity index (χ2v) is 4.70. The topological polar surface area (TPSA) is 87.7 Å². The second kappa shape index (κ2) is 7.92. The van der Waals surface area contributed by atoms with Crippen LogP contribution in [0.15, 0.2) is 0 Å². The Balaban J connectivity index is 3.95. The van der Waals surface area contributed by atoms with E-state index in [1.807, 2.05) is 20.8 Å². The maximum atomic E-state index is 11.5. The van der Waals surface area contributed by atoms with Crippen LogP contribution in [0.3, 0.4) is 0 Å². The van der Waals surface area contributed by atoms with Gasteiger partial charge < -0.3 is 20.5 Å². The number of carbonyl (C=O) groups is 2. The lowest BCUT2D eigenvalue weighted by Gasteiger charge is -2.25. The molecule has 6 heteroatoms. The van der Waals surface area contributed by atoms with Gasteiger partial charge in [-0.2, -0.15) is 0 Å². The highest BCUT2D eigenvalue weighted by Crippen LogP contribution is 2.06. The van der Waals surface area contributed by atoms with Gasteiger partial charge in [0.2, 0.25) is 0 Å². The second-order valence-electron chi connectivity index (χ2n) is 4.70. The third kappa shape index (κ3) is 7.11. The number of hydrogen-bond donors (Lipinski definition) is 3.